The number of carbonyl (C=O) groups excluding carboxylic acids is 1. The van der Waals surface area contributed by atoms with Gasteiger partial charge in [0.1, 0.15) is 5.82 Å². The van der Waals surface area contributed by atoms with Crippen molar-refractivity contribution in [3.8, 4) is 6.07 Å². The largest absolute Gasteiger partial charge is 0.384 e. The zero-order valence-corrected chi connectivity index (χ0v) is 21.3. The SMILES string of the molecule is Cc1cc(C2C(C#N)=C(N)N(c3nnc(SCc4ccccc4)s3)C3=C2C(=O)CCC3)c(C)s1. The van der Waals surface area contributed by atoms with E-state index in [0.29, 0.717) is 34.9 Å². The van der Waals surface area contributed by atoms with Gasteiger partial charge in [-0.15, -0.1) is 21.5 Å². The molecule has 3 aromatic rings. The molecule has 2 aliphatic rings. The summed E-state index contributed by atoms with van der Waals surface area (Å²) < 4.78 is 0.820. The molecule has 1 atom stereocenters. The molecule has 2 aromatic heterocycles. The van der Waals surface area contributed by atoms with Gasteiger partial charge < -0.3 is 5.73 Å². The average Bonchev–Trinajstić information content (AvgIpc) is 3.43. The number of hydrogen-bond acceptors (Lipinski definition) is 9. The highest BCUT2D eigenvalue weighted by atomic mass is 32.2. The van der Waals surface area contributed by atoms with Crippen LogP contribution in [0.5, 0.6) is 0 Å². The number of benzene rings is 1. The Morgan fingerprint density at radius 1 is 1.21 bits per heavy atom. The van der Waals surface area contributed by atoms with E-state index in [1.807, 2.05) is 32.0 Å². The first kappa shape index (κ1) is 22.8. The fourth-order valence-corrected chi connectivity index (χ4v) is 7.42. The Bertz CT molecular complexity index is 1360. The molecular weight excluding hydrogens is 483 g/mol. The molecule has 0 amide bonds. The molecule has 0 radical (unpaired) electrons. The summed E-state index contributed by atoms with van der Waals surface area (Å²) in [5.41, 5.74) is 10.8. The van der Waals surface area contributed by atoms with Crippen molar-refractivity contribution in [2.45, 2.75) is 49.1 Å². The van der Waals surface area contributed by atoms with Crippen LogP contribution in [0.15, 0.2) is 63.4 Å². The standard InChI is InChI=1S/C25H23N5OS3/c1-14-11-17(15(2)33-14)21-18(12-26)23(27)30(19-9-6-10-20(31)22(19)21)24-28-29-25(34-24)32-13-16-7-4-3-5-8-16/h3-5,7-8,11,21H,6,9-10,13,27H2,1-2H3. The Labute approximate surface area is 210 Å². The van der Waals surface area contributed by atoms with Crippen LogP contribution in [0.1, 0.15) is 46.1 Å². The lowest BCUT2D eigenvalue weighted by Crippen LogP contribution is -2.38. The monoisotopic (exact) mass is 505 g/mol. The van der Waals surface area contributed by atoms with Gasteiger partial charge in [-0.2, -0.15) is 5.26 Å². The number of anilines is 1. The molecule has 5 rings (SSSR count). The van der Waals surface area contributed by atoms with Gasteiger partial charge in [0, 0.05) is 33.2 Å². The van der Waals surface area contributed by atoms with E-state index in [0.717, 1.165) is 37.5 Å². The van der Waals surface area contributed by atoms with E-state index in [1.54, 1.807) is 28.0 Å². The first-order valence-corrected chi connectivity index (χ1v) is 13.6. The number of nitriles is 1. The molecule has 1 aliphatic heterocycles. The quantitative estimate of drug-likeness (QED) is 0.437. The molecule has 6 nitrogen and oxygen atoms in total. The molecule has 1 aromatic carbocycles. The number of allylic oxidation sites excluding steroid dienone is 3. The topological polar surface area (TPSA) is 95.9 Å². The highest BCUT2D eigenvalue weighted by Crippen LogP contribution is 2.48. The first-order valence-electron chi connectivity index (χ1n) is 11.0. The number of nitrogens with two attached hydrogens (primary N) is 1. The van der Waals surface area contributed by atoms with Gasteiger partial charge in [-0.3, -0.25) is 9.69 Å². The normalized spacial score (nSPS) is 18.3. The van der Waals surface area contributed by atoms with E-state index in [9.17, 15) is 10.1 Å². The van der Waals surface area contributed by atoms with Crippen LogP contribution in [0.3, 0.4) is 0 Å². The number of ketones is 1. The Hall–Kier alpha value is -2.93. The molecule has 0 saturated carbocycles. The molecule has 1 aliphatic carbocycles. The maximum absolute atomic E-state index is 13.2. The van der Waals surface area contributed by atoms with Gasteiger partial charge in [0.25, 0.3) is 0 Å². The second-order valence-corrected chi connectivity index (χ2v) is 11.9. The van der Waals surface area contributed by atoms with Crippen molar-refractivity contribution in [2.75, 3.05) is 4.90 Å². The number of Topliss-reactive ketones (excluding diaryl/α,β-unsaturated/α-hetero) is 1. The number of aromatic nitrogens is 2. The summed E-state index contributed by atoms with van der Waals surface area (Å²) in [4.78, 5) is 17.3. The summed E-state index contributed by atoms with van der Waals surface area (Å²) in [6, 6.07) is 14.6. The second kappa shape index (κ2) is 9.37. The molecule has 2 N–H and O–H groups in total. The van der Waals surface area contributed by atoms with Gasteiger partial charge in [-0.1, -0.05) is 53.4 Å². The highest BCUT2D eigenvalue weighted by molar-refractivity contribution is 8.00. The fourth-order valence-electron chi connectivity index (χ4n) is 4.62. The van der Waals surface area contributed by atoms with Gasteiger partial charge in [0.05, 0.1) is 17.6 Å². The van der Waals surface area contributed by atoms with Crippen LogP contribution >= 0.6 is 34.4 Å². The van der Waals surface area contributed by atoms with Crippen molar-refractivity contribution in [1.29, 1.82) is 5.26 Å². The number of thioether (sulfide) groups is 1. The third-order valence-electron chi connectivity index (χ3n) is 6.10. The molecule has 0 bridgehead atoms. The van der Waals surface area contributed by atoms with Crippen LogP contribution in [0.25, 0.3) is 0 Å². The van der Waals surface area contributed by atoms with Crippen LogP contribution in [-0.4, -0.2) is 16.0 Å². The summed E-state index contributed by atoms with van der Waals surface area (Å²) in [6.07, 6.45) is 1.95. The predicted octanol–water partition coefficient (Wildman–Crippen LogP) is 5.81. The van der Waals surface area contributed by atoms with Gasteiger partial charge in [0.15, 0.2) is 10.1 Å². The Morgan fingerprint density at radius 3 is 2.71 bits per heavy atom. The fraction of sp³-hybridized carbons (Fsp3) is 0.280. The van der Waals surface area contributed by atoms with Crippen LogP contribution < -0.4 is 10.6 Å². The summed E-state index contributed by atoms with van der Waals surface area (Å²) >= 11 is 4.73. The molecule has 1 unspecified atom stereocenters. The third kappa shape index (κ3) is 4.06. The van der Waals surface area contributed by atoms with E-state index in [1.165, 1.54) is 16.9 Å². The van der Waals surface area contributed by atoms with Crippen molar-refractivity contribution in [1.82, 2.24) is 10.2 Å². The molecule has 3 heterocycles. The summed E-state index contributed by atoms with van der Waals surface area (Å²) in [5.74, 6) is 0.798. The summed E-state index contributed by atoms with van der Waals surface area (Å²) in [6.45, 7) is 4.09. The molecule has 0 spiro atoms. The van der Waals surface area contributed by atoms with Crippen LogP contribution in [0.2, 0.25) is 0 Å². The Morgan fingerprint density at radius 2 is 2.00 bits per heavy atom. The van der Waals surface area contributed by atoms with Crippen molar-refractivity contribution in [3.05, 3.63) is 79.9 Å². The second-order valence-electron chi connectivity index (χ2n) is 8.31. The van der Waals surface area contributed by atoms with Gasteiger partial charge in [-0.05, 0) is 43.9 Å². The maximum Gasteiger partial charge on any atom is 0.219 e. The van der Waals surface area contributed by atoms with E-state index >= 15 is 0 Å². The molecule has 172 valence electrons. The zero-order chi connectivity index (χ0) is 23.8. The minimum Gasteiger partial charge on any atom is -0.384 e. The van der Waals surface area contributed by atoms with Gasteiger partial charge in [0.2, 0.25) is 5.13 Å². The lowest BCUT2D eigenvalue weighted by atomic mass is 9.76. The summed E-state index contributed by atoms with van der Waals surface area (Å²) in [7, 11) is 0. The van der Waals surface area contributed by atoms with Crippen LogP contribution in [0.4, 0.5) is 5.13 Å². The Balaban J connectivity index is 1.55. The zero-order valence-electron chi connectivity index (χ0n) is 18.9. The average molecular weight is 506 g/mol. The maximum atomic E-state index is 13.2. The highest BCUT2D eigenvalue weighted by Gasteiger charge is 2.42. The van der Waals surface area contributed by atoms with Crippen LogP contribution in [0, 0.1) is 25.2 Å². The number of carbonyl (C=O) groups is 1. The number of nitrogens with zero attached hydrogens (tertiary/aromatic N) is 4. The number of rotatable bonds is 5. The van der Waals surface area contributed by atoms with Crippen molar-refractivity contribution >= 4 is 45.4 Å². The van der Waals surface area contributed by atoms with Crippen molar-refractivity contribution < 1.29 is 4.79 Å². The molecule has 0 saturated heterocycles. The number of thiophene rings is 1. The van der Waals surface area contributed by atoms with E-state index < -0.39 is 5.92 Å². The number of aryl methyl sites for hydroxylation is 2. The molecular formula is C25H23N5OS3. The smallest absolute Gasteiger partial charge is 0.219 e. The van der Waals surface area contributed by atoms with Crippen molar-refractivity contribution in [3.63, 3.8) is 0 Å². The summed E-state index contributed by atoms with van der Waals surface area (Å²) in [5, 5.41) is 19.5. The lowest BCUT2D eigenvalue weighted by molar-refractivity contribution is -0.116. The lowest BCUT2D eigenvalue weighted by Gasteiger charge is -2.38. The Kier molecular flexibility index (Phi) is 6.30. The van der Waals surface area contributed by atoms with E-state index in [-0.39, 0.29) is 5.78 Å². The van der Waals surface area contributed by atoms with Crippen molar-refractivity contribution in [2.24, 2.45) is 5.73 Å². The van der Waals surface area contributed by atoms with Crippen LogP contribution in [-0.2, 0) is 10.5 Å². The number of hydrogen-bond donors (Lipinski definition) is 1. The molecule has 34 heavy (non-hydrogen) atoms. The first-order chi connectivity index (χ1) is 16.5. The van der Waals surface area contributed by atoms with E-state index in [4.69, 9.17) is 5.73 Å². The molecule has 0 fully saturated rings. The van der Waals surface area contributed by atoms with Gasteiger partial charge in [-0.25, -0.2) is 0 Å². The molecule has 9 heteroatoms. The van der Waals surface area contributed by atoms with Gasteiger partial charge >= 0.3 is 0 Å². The predicted molar refractivity (Wildman–Crippen MR) is 138 cm³/mol. The third-order valence-corrected chi connectivity index (χ3v) is 9.19. The minimum atomic E-state index is -0.422. The minimum absolute atomic E-state index is 0.0861. The van der Waals surface area contributed by atoms with E-state index in [2.05, 4.69) is 34.5 Å².